The fraction of sp³-hybridized carbons (Fsp3) is 0.600. The standard InChI is InChI=1S/C10H19NO2.C5H8O2/c1-5-11(6-2)7-8-13-10(12)9(3)4;1-3-4(2)5(6)7/h3,5-8H2,1-2,4H3;2-3H2,1H3,(H,6,7). The number of carboxylic acid groups (broad SMARTS) is 1. The summed E-state index contributed by atoms with van der Waals surface area (Å²) in [6, 6.07) is 0. The summed E-state index contributed by atoms with van der Waals surface area (Å²) in [5.41, 5.74) is 0.722. The van der Waals surface area contributed by atoms with Gasteiger partial charge < -0.3 is 14.7 Å². The van der Waals surface area contributed by atoms with Gasteiger partial charge >= 0.3 is 11.9 Å². The van der Waals surface area contributed by atoms with E-state index in [4.69, 9.17) is 9.84 Å². The summed E-state index contributed by atoms with van der Waals surface area (Å²) in [4.78, 5) is 23.0. The van der Waals surface area contributed by atoms with Crippen LogP contribution in [0.2, 0.25) is 0 Å². The average Bonchev–Trinajstić information content (AvgIpc) is 2.42. The number of hydrogen-bond acceptors (Lipinski definition) is 4. The molecule has 0 radical (unpaired) electrons. The molecule has 0 rings (SSSR count). The molecule has 1 N–H and O–H groups in total. The number of aliphatic carboxylic acids is 1. The molecule has 0 spiro atoms. The first-order valence-corrected chi connectivity index (χ1v) is 6.76. The molecule has 0 fully saturated rings. The van der Waals surface area contributed by atoms with Gasteiger partial charge in [-0.2, -0.15) is 0 Å². The predicted molar refractivity (Wildman–Crippen MR) is 80.6 cm³/mol. The summed E-state index contributed by atoms with van der Waals surface area (Å²) in [5.74, 6) is -1.20. The van der Waals surface area contributed by atoms with Crippen LogP contribution >= 0.6 is 0 Å². The van der Waals surface area contributed by atoms with Gasteiger partial charge in [-0.1, -0.05) is 33.9 Å². The van der Waals surface area contributed by atoms with Crippen molar-refractivity contribution in [3.63, 3.8) is 0 Å². The third kappa shape index (κ3) is 11.5. The number of carbonyl (C=O) groups is 2. The fourth-order valence-corrected chi connectivity index (χ4v) is 1.08. The van der Waals surface area contributed by atoms with E-state index in [1.54, 1.807) is 13.8 Å². The topological polar surface area (TPSA) is 66.8 Å². The molecule has 0 saturated carbocycles. The van der Waals surface area contributed by atoms with E-state index in [9.17, 15) is 9.59 Å². The van der Waals surface area contributed by atoms with Gasteiger partial charge in [-0.25, -0.2) is 9.59 Å². The summed E-state index contributed by atoms with van der Waals surface area (Å²) in [5, 5.41) is 8.08. The smallest absolute Gasteiger partial charge is 0.333 e. The Balaban J connectivity index is 0. The Bertz CT molecular complexity index is 333. The molecule has 0 aliphatic rings. The zero-order chi connectivity index (χ0) is 16.1. The van der Waals surface area contributed by atoms with Crippen molar-refractivity contribution in [1.82, 2.24) is 4.90 Å². The van der Waals surface area contributed by atoms with Gasteiger partial charge in [0.05, 0.1) is 0 Å². The van der Waals surface area contributed by atoms with Gasteiger partial charge in [-0.15, -0.1) is 0 Å². The quantitative estimate of drug-likeness (QED) is 0.548. The molecule has 0 heterocycles. The predicted octanol–water partition coefficient (Wildman–Crippen LogP) is 2.48. The van der Waals surface area contributed by atoms with E-state index in [1.807, 2.05) is 0 Å². The molecule has 0 aromatic rings. The minimum Gasteiger partial charge on any atom is -0.478 e. The van der Waals surface area contributed by atoms with Crippen molar-refractivity contribution in [2.75, 3.05) is 26.2 Å². The third-order valence-electron chi connectivity index (χ3n) is 2.61. The molecule has 0 bridgehead atoms. The highest BCUT2D eigenvalue weighted by Gasteiger charge is 2.04. The van der Waals surface area contributed by atoms with Crippen LogP contribution in [0.4, 0.5) is 0 Å². The Hall–Kier alpha value is -1.62. The van der Waals surface area contributed by atoms with Crippen LogP contribution in [0.25, 0.3) is 0 Å². The van der Waals surface area contributed by atoms with Crippen molar-refractivity contribution in [2.24, 2.45) is 0 Å². The lowest BCUT2D eigenvalue weighted by atomic mass is 10.2. The number of hydrogen-bond donors (Lipinski definition) is 1. The van der Waals surface area contributed by atoms with Crippen LogP contribution in [0.5, 0.6) is 0 Å². The van der Waals surface area contributed by atoms with E-state index in [0.717, 1.165) is 19.6 Å². The number of ether oxygens (including phenoxy) is 1. The van der Waals surface area contributed by atoms with Crippen LogP contribution in [-0.2, 0) is 14.3 Å². The van der Waals surface area contributed by atoms with E-state index < -0.39 is 5.97 Å². The first kappa shape index (κ1) is 20.7. The van der Waals surface area contributed by atoms with Crippen molar-refractivity contribution in [2.45, 2.75) is 34.1 Å². The maximum atomic E-state index is 11.0. The largest absolute Gasteiger partial charge is 0.478 e. The summed E-state index contributed by atoms with van der Waals surface area (Å²) < 4.78 is 4.96. The summed E-state index contributed by atoms with van der Waals surface area (Å²) in [7, 11) is 0. The average molecular weight is 285 g/mol. The summed E-state index contributed by atoms with van der Waals surface area (Å²) in [6.07, 6.45) is 0.523. The third-order valence-corrected chi connectivity index (χ3v) is 2.61. The number of rotatable bonds is 8. The number of carboxylic acids is 1. The van der Waals surface area contributed by atoms with Crippen LogP contribution in [-0.4, -0.2) is 48.2 Å². The van der Waals surface area contributed by atoms with E-state index in [0.29, 0.717) is 18.6 Å². The molecule has 0 aliphatic carbocycles. The fourth-order valence-electron chi connectivity index (χ4n) is 1.08. The maximum Gasteiger partial charge on any atom is 0.333 e. The van der Waals surface area contributed by atoms with Crippen molar-refractivity contribution < 1.29 is 19.4 Å². The van der Waals surface area contributed by atoms with Crippen molar-refractivity contribution in [1.29, 1.82) is 0 Å². The molecule has 0 atom stereocenters. The molecule has 0 aromatic carbocycles. The Kier molecular flexibility index (Phi) is 12.8. The van der Waals surface area contributed by atoms with Crippen LogP contribution in [0.3, 0.4) is 0 Å². The van der Waals surface area contributed by atoms with E-state index in [-0.39, 0.29) is 11.5 Å². The van der Waals surface area contributed by atoms with Gasteiger partial charge in [-0.05, 0) is 26.4 Å². The van der Waals surface area contributed by atoms with Gasteiger partial charge in [-0.3, -0.25) is 0 Å². The molecule has 0 aliphatic heterocycles. The molecule has 116 valence electrons. The van der Waals surface area contributed by atoms with E-state index >= 15 is 0 Å². The zero-order valence-electron chi connectivity index (χ0n) is 13.1. The van der Waals surface area contributed by atoms with Crippen molar-refractivity contribution in [3.8, 4) is 0 Å². The van der Waals surface area contributed by atoms with Crippen molar-refractivity contribution in [3.05, 3.63) is 24.3 Å². The van der Waals surface area contributed by atoms with E-state index in [1.165, 1.54) is 0 Å². The number of esters is 1. The molecule has 5 heteroatoms. The maximum absolute atomic E-state index is 11.0. The molecular weight excluding hydrogens is 258 g/mol. The molecule has 5 nitrogen and oxygen atoms in total. The van der Waals surface area contributed by atoms with Gasteiger partial charge in [0.2, 0.25) is 0 Å². The van der Waals surface area contributed by atoms with Gasteiger partial charge in [0.1, 0.15) is 6.61 Å². The van der Waals surface area contributed by atoms with Gasteiger partial charge in [0.25, 0.3) is 0 Å². The zero-order valence-corrected chi connectivity index (χ0v) is 13.1. The second-order valence-electron chi connectivity index (χ2n) is 4.21. The molecule has 0 unspecified atom stereocenters. The highest BCUT2D eigenvalue weighted by Crippen LogP contribution is 1.93. The summed E-state index contributed by atoms with van der Waals surface area (Å²) in [6.45, 7) is 17.6. The number of carbonyl (C=O) groups excluding carboxylic acids is 1. The monoisotopic (exact) mass is 285 g/mol. The SMILES string of the molecule is C=C(C)C(=O)OCCN(CC)CC.C=C(CC)C(=O)O. The van der Waals surface area contributed by atoms with Crippen LogP contribution in [0.1, 0.15) is 34.1 Å². The molecule has 0 aromatic heterocycles. The first-order chi connectivity index (χ1) is 9.29. The Morgan fingerprint density at radius 2 is 1.65 bits per heavy atom. The minimum atomic E-state index is -0.900. The molecule has 20 heavy (non-hydrogen) atoms. The number of nitrogens with zero attached hydrogens (tertiary/aromatic N) is 1. The van der Waals surface area contributed by atoms with Gasteiger partial charge in [0.15, 0.2) is 0 Å². The Morgan fingerprint density at radius 1 is 1.15 bits per heavy atom. The van der Waals surface area contributed by atoms with E-state index in [2.05, 4.69) is 31.9 Å². The minimum absolute atomic E-state index is 0.264. The lowest BCUT2D eigenvalue weighted by molar-refractivity contribution is -0.139. The van der Waals surface area contributed by atoms with Crippen LogP contribution in [0, 0.1) is 0 Å². The first-order valence-electron chi connectivity index (χ1n) is 6.76. The molecular formula is C15H27NO4. The van der Waals surface area contributed by atoms with Gasteiger partial charge in [0, 0.05) is 17.7 Å². The molecule has 0 saturated heterocycles. The van der Waals surface area contributed by atoms with Crippen LogP contribution < -0.4 is 0 Å². The lowest BCUT2D eigenvalue weighted by Crippen LogP contribution is -2.27. The Labute approximate surface area is 121 Å². The normalized spacial score (nSPS) is 9.45. The second-order valence-corrected chi connectivity index (χ2v) is 4.21. The summed E-state index contributed by atoms with van der Waals surface area (Å²) >= 11 is 0. The Morgan fingerprint density at radius 3 is 1.90 bits per heavy atom. The highest BCUT2D eigenvalue weighted by atomic mass is 16.5. The van der Waals surface area contributed by atoms with Crippen molar-refractivity contribution >= 4 is 11.9 Å². The lowest BCUT2D eigenvalue weighted by Gasteiger charge is -2.17. The highest BCUT2D eigenvalue weighted by molar-refractivity contribution is 5.86. The second kappa shape index (κ2) is 12.4. The number of likely N-dealkylation sites (N-methyl/N-ethyl adjacent to an activating group) is 1. The molecule has 0 amide bonds. The van der Waals surface area contributed by atoms with Crippen LogP contribution in [0.15, 0.2) is 24.3 Å².